The van der Waals surface area contributed by atoms with E-state index in [1.807, 2.05) is 0 Å². The zero-order valence-corrected chi connectivity index (χ0v) is 17.3. The van der Waals surface area contributed by atoms with Crippen LogP contribution in [0.5, 0.6) is 5.75 Å². The molecule has 1 aliphatic rings. The van der Waals surface area contributed by atoms with Crippen molar-refractivity contribution in [3.63, 3.8) is 0 Å². The SMILES string of the molecule is COc1ccc(NC(=O)C2CCCCN2S(=O)(=O)c2ccc(Br)cc2)cc1. The molecule has 1 heterocycles. The molecule has 144 valence electrons. The monoisotopic (exact) mass is 452 g/mol. The summed E-state index contributed by atoms with van der Waals surface area (Å²) in [6, 6.07) is 12.7. The van der Waals surface area contributed by atoms with Crippen molar-refractivity contribution in [3.8, 4) is 5.75 Å². The third kappa shape index (κ3) is 4.51. The van der Waals surface area contributed by atoms with Crippen molar-refractivity contribution in [2.75, 3.05) is 19.0 Å². The van der Waals surface area contributed by atoms with E-state index >= 15 is 0 Å². The Morgan fingerprint density at radius 1 is 1.11 bits per heavy atom. The van der Waals surface area contributed by atoms with E-state index in [9.17, 15) is 13.2 Å². The maximum Gasteiger partial charge on any atom is 0.243 e. The van der Waals surface area contributed by atoms with Crippen molar-refractivity contribution in [3.05, 3.63) is 53.0 Å². The fourth-order valence-electron chi connectivity index (χ4n) is 3.10. The molecule has 1 saturated heterocycles. The molecule has 2 aromatic rings. The van der Waals surface area contributed by atoms with Crippen molar-refractivity contribution in [1.82, 2.24) is 4.31 Å². The molecular weight excluding hydrogens is 432 g/mol. The van der Waals surface area contributed by atoms with Gasteiger partial charge in [-0.05, 0) is 61.4 Å². The number of carbonyl (C=O) groups is 1. The third-order valence-electron chi connectivity index (χ3n) is 4.53. The number of sulfonamides is 1. The number of carbonyl (C=O) groups excluding carboxylic acids is 1. The molecule has 1 aliphatic heterocycles. The number of rotatable bonds is 5. The van der Waals surface area contributed by atoms with Crippen molar-refractivity contribution in [1.29, 1.82) is 0 Å². The molecule has 0 bridgehead atoms. The molecule has 1 N–H and O–H groups in total. The van der Waals surface area contributed by atoms with Gasteiger partial charge in [-0.1, -0.05) is 22.4 Å². The van der Waals surface area contributed by atoms with E-state index in [0.29, 0.717) is 24.4 Å². The summed E-state index contributed by atoms with van der Waals surface area (Å²) in [5, 5.41) is 2.82. The van der Waals surface area contributed by atoms with Gasteiger partial charge in [-0.3, -0.25) is 4.79 Å². The second-order valence-corrected chi connectivity index (χ2v) is 9.11. The number of amides is 1. The number of nitrogens with one attached hydrogen (secondary N) is 1. The Hall–Kier alpha value is -1.90. The van der Waals surface area contributed by atoms with Gasteiger partial charge in [0.25, 0.3) is 0 Å². The van der Waals surface area contributed by atoms with E-state index in [1.54, 1.807) is 55.6 Å². The predicted molar refractivity (Wildman–Crippen MR) is 107 cm³/mol. The van der Waals surface area contributed by atoms with Crippen LogP contribution in [0, 0.1) is 0 Å². The first kappa shape index (κ1) is 19.9. The standard InChI is InChI=1S/C19H21BrN2O4S/c1-26-16-9-7-15(8-10-16)21-19(23)18-4-2-3-13-22(18)27(24,25)17-11-5-14(20)6-12-17/h5-12,18H,2-4,13H2,1H3,(H,21,23). The average molecular weight is 453 g/mol. The van der Waals surface area contributed by atoms with E-state index in [0.717, 1.165) is 17.3 Å². The highest BCUT2D eigenvalue weighted by Gasteiger charge is 2.37. The number of ether oxygens (including phenoxy) is 1. The fourth-order valence-corrected chi connectivity index (χ4v) is 5.02. The second-order valence-electron chi connectivity index (χ2n) is 6.30. The van der Waals surface area contributed by atoms with Gasteiger partial charge in [-0.25, -0.2) is 8.42 Å². The Balaban J connectivity index is 1.81. The third-order valence-corrected chi connectivity index (χ3v) is 6.99. The predicted octanol–water partition coefficient (Wildman–Crippen LogP) is 3.64. The first-order valence-electron chi connectivity index (χ1n) is 8.64. The number of nitrogens with zero attached hydrogens (tertiary/aromatic N) is 1. The van der Waals surface area contributed by atoms with Gasteiger partial charge in [0.15, 0.2) is 0 Å². The van der Waals surface area contributed by atoms with Gasteiger partial charge in [0, 0.05) is 16.7 Å². The van der Waals surface area contributed by atoms with Crippen LogP contribution in [0.15, 0.2) is 57.9 Å². The minimum absolute atomic E-state index is 0.190. The number of hydrogen-bond acceptors (Lipinski definition) is 4. The first-order valence-corrected chi connectivity index (χ1v) is 10.9. The molecule has 3 rings (SSSR count). The summed E-state index contributed by atoms with van der Waals surface area (Å²) in [6.45, 7) is 0.332. The van der Waals surface area contributed by atoms with E-state index in [-0.39, 0.29) is 10.8 Å². The van der Waals surface area contributed by atoms with E-state index < -0.39 is 16.1 Å². The van der Waals surface area contributed by atoms with Crippen molar-refractivity contribution in [2.24, 2.45) is 0 Å². The molecular formula is C19H21BrN2O4S. The molecule has 6 nitrogen and oxygen atoms in total. The summed E-state index contributed by atoms with van der Waals surface area (Å²) in [4.78, 5) is 13.0. The lowest BCUT2D eigenvalue weighted by molar-refractivity contribution is -0.120. The Morgan fingerprint density at radius 2 is 1.78 bits per heavy atom. The fraction of sp³-hybridized carbons (Fsp3) is 0.316. The van der Waals surface area contributed by atoms with Crippen LogP contribution in [-0.4, -0.2) is 38.3 Å². The lowest BCUT2D eigenvalue weighted by Crippen LogP contribution is -2.49. The molecule has 0 saturated carbocycles. The molecule has 0 spiro atoms. The topological polar surface area (TPSA) is 75.7 Å². The number of methoxy groups -OCH3 is 1. The summed E-state index contributed by atoms with van der Waals surface area (Å²) < 4.78 is 33.4. The van der Waals surface area contributed by atoms with Crippen LogP contribution in [0.3, 0.4) is 0 Å². The first-order chi connectivity index (χ1) is 12.9. The number of piperidine rings is 1. The van der Waals surface area contributed by atoms with Crippen LogP contribution < -0.4 is 10.1 Å². The maximum atomic E-state index is 13.1. The number of benzene rings is 2. The molecule has 0 aliphatic carbocycles. The van der Waals surface area contributed by atoms with Crippen LogP contribution in [0.1, 0.15) is 19.3 Å². The van der Waals surface area contributed by atoms with E-state index in [4.69, 9.17) is 4.74 Å². The summed E-state index contributed by atoms with van der Waals surface area (Å²) in [5.41, 5.74) is 0.604. The minimum atomic E-state index is -3.74. The van der Waals surface area contributed by atoms with Gasteiger partial charge in [0.05, 0.1) is 12.0 Å². The number of anilines is 1. The number of halogens is 1. The van der Waals surface area contributed by atoms with Crippen molar-refractivity contribution >= 4 is 37.5 Å². The Bertz CT molecular complexity index is 898. The van der Waals surface area contributed by atoms with Crippen LogP contribution in [0.4, 0.5) is 5.69 Å². The van der Waals surface area contributed by atoms with Gasteiger partial charge in [0.1, 0.15) is 11.8 Å². The van der Waals surface area contributed by atoms with E-state index in [2.05, 4.69) is 21.2 Å². The van der Waals surface area contributed by atoms with E-state index in [1.165, 1.54) is 4.31 Å². The van der Waals surface area contributed by atoms with Crippen LogP contribution in [0.25, 0.3) is 0 Å². The second kappa shape index (κ2) is 8.41. The maximum absolute atomic E-state index is 13.1. The average Bonchev–Trinajstić information content (AvgIpc) is 2.69. The lowest BCUT2D eigenvalue weighted by Gasteiger charge is -2.33. The lowest BCUT2D eigenvalue weighted by atomic mass is 10.0. The van der Waals surface area contributed by atoms with Crippen LogP contribution >= 0.6 is 15.9 Å². The summed E-state index contributed by atoms with van der Waals surface area (Å²) >= 11 is 3.31. The highest BCUT2D eigenvalue weighted by Crippen LogP contribution is 2.27. The Morgan fingerprint density at radius 3 is 2.41 bits per heavy atom. The zero-order valence-electron chi connectivity index (χ0n) is 14.9. The largest absolute Gasteiger partial charge is 0.497 e. The highest BCUT2D eigenvalue weighted by atomic mass is 79.9. The molecule has 27 heavy (non-hydrogen) atoms. The zero-order chi connectivity index (χ0) is 19.4. The van der Waals surface area contributed by atoms with Crippen molar-refractivity contribution in [2.45, 2.75) is 30.2 Å². The smallest absolute Gasteiger partial charge is 0.243 e. The summed E-state index contributed by atoms with van der Waals surface area (Å²) in [5.74, 6) is 0.366. The molecule has 1 amide bonds. The van der Waals surface area contributed by atoms with Gasteiger partial charge < -0.3 is 10.1 Å². The van der Waals surface area contributed by atoms with Crippen molar-refractivity contribution < 1.29 is 17.9 Å². The van der Waals surface area contributed by atoms with Gasteiger partial charge in [-0.15, -0.1) is 0 Å². The van der Waals surface area contributed by atoms with Crippen LogP contribution in [-0.2, 0) is 14.8 Å². The van der Waals surface area contributed by atoms with Gasteiger partial charge >= 0.3 is 0 Å². The molecule has 0 aromatic heterocycles. The number of hydrogen-bond donors (Lipinski definition) is 1. The molecule has 8 heteroatoms. The molecule has 0 radical (unpaired) electrons. The molecule has 1 fully saturated rings. The summed E-state index contributed by atoms with van der Waals surface area (Å²) in [6.07, 6.45) is 2.05. The Kier molecular flexibility index (Phi) is 6.18. The normalized spacial score (nSPS) is 18.1. The highest BCUT2D eigenvalue weighted by molar-refractivity contribution is 9.10. The van der Waals surface area contributed by atoms with Crippen LogP contribution in [0.2, 0.25) is 0 Å². The molecule has 1 atom stereocenters. The quantitative estimate of drug-likeness (QED) is 0.750. The molecule has 2 aromatic carbocycles. The van der Waals surface area contributed by atoms with Gasteiger partial charge in [0.2, 0.25) is 15.9 Å². The molecule has 1 unspecified atom stereocenters. The minimum Gasteiger partial charge on any atom is -0.497 e. The summed E-state index contributed by atoms with van der Waals surface area (Å²) in [7, 11) is -2.17. The Labute approximate surface area is 167 Å². The van der Waals surface area contributed by atoms with Gasteiger partial charge in [-0.2, -0.15) is 4.31 Å².